The van der Waals surface area contributed by atoms with Gasteiger partial charge < -0.3 is 10.1 Å². The Bertz CT molecular complexity index is 807. The minimum absolute atomic E-state index is 0.0701. The maximum absolute atomic E-state index is 12.1. The van der Waals surface area contributed by atoms with Gasteiger partial charge in [0.05, 0.1) is 12.0 Å². The molecule has 0 aliphatic rings. The summed E-state index contributed by atoms with van der Waals surface area (Å²) in [6.07, 6.45) is 0. The highest BCUT2D eigenvalue weighted by atomic mass is 35.5. The fourth-order valence-electron chi connectivity index (χ4n) is 1.92. The molecule has 0 atom stereocenters. The second-order valence-electron chi connectivity index (χ2n) is 4.84. The molecule has 0 aliphatic heterocycles. The van der Waals surface area contributed by atoms with E-state index in [2.05, 4.69) is 10.0 Å². The Kier molecular flexibility index (Phi) is 6.19. The predicted molar refractivity (Wildman–Crippen MR) is 92.0 cm³/mol. The molecule has 0 bridgehead atoms. The molecule has 128 valence electrons. The number of halogens is 1. The minimum atomic E-state index is -3.63. The van der Waals surface area contributed by atoms with Crippen molar-refractivity contribution in [2.75, 3.05) is 20.2 Å². The number of hydrogen-bond acceptors (Lipinski definition) is 4. The molecule has 1 amide bonds. The zero-order valence-corrected chi connectivity index (χ0v) is 14.5. The van der Waals surface area contributed by atoms with Crippen LogP contribution in [0.15, 0.2) is 53.4 Å². The van der Waals surface area contributed by atoms with Crippen molar-refractivity contribution >= 4 is 27.5 Å². The SMILES string of the molecule is COc1cccc(C(=O)NCCNS(=O)(=O)c2ccc(Cl)cc2)c1. The van der Waals surface area contributed by atoms with Crippen LogP contribution in [0.25, 0.3) is 0 Å². The van der Waals surface area contributed by atoms with Gasteiger partial charge in [-0.2, -0.15) is 0 Å². The van der Waals surface area contributed by atoms with Gasteiger partial charge in [0.15, 0.2) is 0 Å². The smallest absolute Gasteiger partial charge is 0.251 e. The Balaban J connectivity index is 1.85. The van der Waals surface area contributed by atoms with E-state index in [-0.39, 0.29) is 23.9 Å². The fraction of sp³-hybridized carbons (Fsp3) is 0.188. The number of nitrogens with one attached hydrogen (secondary N) is 2. The van der Waals surface area contributed by atoms with Gasteiger partial charge in [0.2, 0.25) is 10.0 Å². The lowest BCUT2D eigenvalue weighted by molar-refractivity contribution is 0.0954. The van der Waals surface area contributed by atoms with Crippen molar-refractivity contribution < 1.29 is 17.9 Å². The summed E-state index contributed by atoms with van der Waals surface area (Å²) in [5.41, 5.74) is 0.440. The van der Waals surface area contributed by atoms with Crippen LogP contribution in [0.2, 0.25) is 5.02 Å². The van der Waals surface area contributed by atoms with Gasteiger partial charge in [-0.3, -0.25) is 4.79 Å². The largest absolute Gasteiger partial charge is 0.497 e. The second kappa shape index (κ2) is 8.14. The van der Waals surface area contributed by atoms with Gasteiger partial charge in [-0.05, 0) is 42.5 Å². The van der Waals surface area contributed by atoms with E-state index in [1.807, 2.05) is 0 Å². The first-order valence-electron chi connectivity index (χ1n) is 7.10. The molecule has 0 fully saturated rings. The van der Waals surface area contributed by atoms with E-state index in [0.717, 1.165) is 0 Å². The summed E-state index contributed by atoms with van der Waals surface area (Å²) in [5.74, 6) is 0.269. The highest BCUT2D eigenvalue weighted by molar-refractivity contribution is 7.89. The van der Waals surface area contributed by atoms with Crippen LogP contribution in [0, 0.1) is 0 Å². The summed E-state index contributed by atoms with van der Waals surface area (Å²) in [5, 5.41) is 3.10. The molecule has 2 rings (SSSR count). The maximum Gasteiger partial charge on any atom is 0.251 e. The quantitative estimate of drug-likeness (QED) is 0.732. The maximum atomic E-state index is 12.1. The highest BCUT2D eigenvalue weighted by Crippen LogP contribution is 2.14. The van der Waals surface area contributed by atoms with Crippen LogP contribution in [0.5, 0.6) is 5.75 Å². The third-order valence-corrected chi connectivity index (χ3v) is 4.89. The molecule has 6 nitrogen and oxygen atoms in total. The lowest BCUT2D eigenvalue weighted by Gasteiger charge is -2.09. The molecule has 0 aliphatic carbocycles. The number of hydrogen-bond donors (Lipinski definition) is 2. The van der Waals surface area contributed by atoms with Gasteiger partial charge in [0, 0.05) is 23.7 Å². The number of methoxy groups -OCH3 is 1. The Labute approximate surface area is 145 Å². The van der Waals surface area contributed by atoms with Gasteiger partial charge in [-0.25, -0.2) is 13.1 Å². The number of rotatable bonds is 7. The molecule has 2 aromatic rings. The van der Waals surface area contributed by atoms with Crippen LogP contribution >= 0.6 is 11.6 Å². The van der Waals surface area contributed by atoms with E-state index in [9.17, 15) is 13.2 Å². The van der Waals surface area contributed by atoms with E-state index < -0.39 is 10.0 Å². The van der Waals surface area contributed by atoms with Gasteiger partial charge in [-0.15, -0.1) is 0 Å². The molecule has 0 aromatic heterocycles. The van der Waals surface area contributed by atoms with Gasteiger partial charge in [0.25, 0.3) is 5.91 Å². The molecule has 2 aromatic carbocycles. The van der Waals surface area contributed by atoms with Crippen molar-refractivity contribution in [1.82, 2.24) is 10.0 Å². The third-order valence-electron chi connectivity index (χ3n) is 3.16. The standard InChI is InChI=1S/C16H17ClN2O4S/c1-23-14-4-2-3-12(11-14)16(20)18-9-10-19-24(21,22)15-7-5-13(17)6-8-15/h2-8,11,19H,9-10H2,1H3,(H,18,20). The van der Waals surface area contributed by atoms with E-state index in [0.29, 0.717) is 16.3 Å². The lowest BCUT2D eigenvalue weighted by atomic mass is 10.2. The summed E-state index contributed by atoms with van der Waals surface area (Å²) in [4.78, 5) is 12.1. The average molecular weight is 369 g/mol. The molecule has 8 heteroatoms. The number of benzene rings is 2. The van der Waals surface area contributed by atoms with Crippen LogP contribution in [0.1, 0.15) is 10.4 Å². The first-order valence-corrected chi connectivity index (χ1v) is 8.96. The zero-order valence-electron chi connectivity index (χ0n) is 13.0. The van der Waals surface area contributed by atoms with Crippen LogP contribution < -0.4 is 14.8 Å². The molecule has 0 saturated heterocycles. The summed E-state index contributed by atoms with van der Waals surface area (Å²) in [6.45, 7) is 0.226. The van der Waals surface area contributed by atoms with Crippen molar-refractivity contribution in [1.29, 1.82) is 0 Å². The van der Waals surface area contributed by atoms with Crippen molar-refractivity contribution in [3.05, 3.63) is 59.1 Å². The van der Waals surface area contributed by atoms with Gasteiger partial charge in [0.1, 0.15) is 5.75 Å². The Morgan fingerprint density at radius 2 is 1.83 bits per heavy atom. The van der Waals surface area contributed by atoms with Crippen molar-refractivity contribution in [2.45, 2.75) is 4.90 Å². The molecule has 0 saturated carbocycles. The minimum Gasteiger partial charge on any atom is -0.497 e. The molecule has 0 spiro atoms. The molecule has 2 N–H and O–H groups in total. The summed E-state index contributed by atoms with van der Waals surface area (Å²) < 4.78 is 31.6. The lowest BCUT2D eigenvalue weighted by Crippen LogP contribution is -2.34. The van der Waals surface area contributed by atoms with E-state index >= 15 is 0 Å². The number of carbonyl (C=O) groups excluding carboxylic acids is 1. The van der Waals surface area contributed by atoms with Crippen molar-refractivity contribution in [3.63, 3.8) is 0 Å². The Morgan fingerprint density at radius 1 is 1.12 bits per heavy atom. The summed E-state index contributed by atoms with van der Waals surface area (Å²) >= 11 is 5.73. The van der Waals surface area contributed by atoms with Crippen LogP contribution in [-0.2, 0) is 10.0 Å². The van der Waals surface area contributed by atoms with E-state index in [1.54, 1.807) is 24.3 Å². The first kappa shape index (κ1) is 18.3. The predicted octanol–water partition coefficient (Wildman–Crippen LogP) is 2.06. The first-order chi connectivity index (χ1) is 11.4. The normalized spacial score (nSPS) is 11.1. The van der Waals surface area contributed by atoms with E-state index in [1.165, 1.54) is 31.4 Å². The Morgan fingerprint density at radius 3 is 2.50 bits per heavy atom. The van der Waals surface area contributed by atoms with Crippen molar-refractivity contribution in [2.24, 2.45) is 0 Å². The highest BCUT2D eigenvalue weighted by Gasteiger charge is 2.13. The average Bonchev–Trinajstić information content (AvgIpc) is 2.59. The van der Waals surface area contributed by atoms with E-state index in [4.69, 9.17) is 16.3 Å². The van der Waals surface area contributed by atoms with Crippen LogP contribution in [0.3, 0.4) is 0 Å². The second-order valence-corrected chi connectivity index (χ2v) is 7.04. The summed E-state index contributed by atoms with van der Waals surface area (Å²) in [6, 6.07) is 12.5. The number of sulfonamides is 1. The summed E-state index contributed by atoms with van der Waals surface area (Å²) in [7, 11) is -2.11. The molecule has 0 heterocycles. The van der Waals surface area contributed by atoms with Gasteiger partial charge in [-0.1, -0.05) is 17.7 Å². The van der Waals surface area contributed by atoms with Crippen LogP contribution in [0.4, 0.5) is 0 Å². The number of ether oxygens (including phenoxy) is 1. The van der Waals surface area contributed by atoms with Gasteiger partial charge >= 0.3 is 0 Å². The molecule has 0 radical (unpaired) electrons. The topological polar surface area (TPSA) is 84.5 Å². The zero-order chi connectivity index (χ0) is 17.6. The fourth-order valence-corrected chi connectivity index (χ4v) is 3.08. The third kappa shape index (κ3) is 4.95. The molecule has 0 unspecified atom stereocenters. The van der Waals surface area contributed by atoms with Crippen molar-refractivity contribution in [3.8, 4) is 5.75 Å². The molecular weight excluding hydrogens is 352 g/mol. The molecule has 24 heavy (non-hydrogen) atoms. The number of carbonyl (C=O) groups is 1. The molecular formula is C16H17ClN2O4S. The Hall–Kier alpha value is -2.09. The number of amides is 1. The van der Waals surface area contributed by atoms with Crippen LogP contribution in [-0.4, -0.2) is 34.5 Å². The monoisotopic (exact) mass is 368 g/mol.